The van der Waals surface area contributed by atoms with E-state index in [1.165, 1.54) is 12.1 Å². The van der Waals surface area contributed by atoms with Crippen molar-refractivity contribution in [3.8, 4) is 17.0 Å². The maximum absolute atomic E-state index is 13.3. The van der Waals surface area contributed by atoms with Crippen molar-refractivity contribution in [2.75, 3.05) is 6.61 Å². The molecule has 0 aliphatic rings. The minimum absolute atomic E-state index is 0.159. The first-order chi connectivity index (χ1) is 12.4. The van der Waals surface area contributed by atoms with E-state index in [-0.39, 0.29) is 11.4 Å². The standard InChI is InChI=1S/C21H23FN2OS/c1-5-25-18-12-10-17(11-13-18)23-20-24(21(2,3)4)19(14-26-20)15-6-8-16(22)9-7-15/h6-14H,5H2,1-4H3. The van der Waals surface area contributed by atoms with Crippen LogP contribution < -0.4 is 9.54 Å². The molecule has 0 radical (unpaired) electrons. The van der Waals surface area contributed by atoms with Crippen LogP contribution >= 0.6 is 11.3 Å². The van der Waals surface area contributed by atoms with Crippen LogP contribution in [0.1, 0.15) is 27.7 Å². The number of thiazole rings is 1. The van der Waals surface area contributed by atoms with Crippen molar-refractivity contribution < 1.29 is 9.13 Å². The van der Waals surface area contributed by atoms with E-state index in [0.29, 0.717) is 6.61 Å². The maximum atomic E-state index is 13.3. The molecule has 0 amide bonds. The van der Waals surface area contributed by atoms with Gasteiger partial charge in [-0.25, -0.2) is 9.38 Å². The van der Waals surface area contributed by atoms with Gasteiger partial charge in [-0.05, 0) is 81.8 Å². The summed E-state index contributed by atoms with van der Waals surface area (Å²) >= 11 is 1.58. The molecule has 0 atom stereocenters. The predicted octanol–water partition coefficient (Wildman–Crippen LogP) is 5.74. The first kappa shape index (κ1) is 18.4. The normalized spacial score (nSPS) is 12.4. The smallest absolute Gasteiger partial charge is 0.190 e. The molecule has 5 heteroatoms. The third kappa shape index (κ3) is 4.05. The molecular formula is C21H23FN2OS. The third-order valence-electron chi connectivity index (χ3n) is 3.89. The molecule has 0 saturated heterocycles. The van der Waals surface area contributed by atoms with E-state index >= 15 is 0 Å². The number of aromatic nitrogens is 1. The number of benzene rings is 2. The number of hydrogen-bond acceptors (Lipinski definition) is 3. The molecule has 3 aromatic rings. The summed E-state index contributed by atoms with van der Waals surface area (Å²) in [5, 5.41) is 2.08. The fraction of sp³-hybridized carbons (Fsp3) is 0.286. The molecule has 26 heavy (non-hydrogen) atoms. The zero-order valence-corrected chi connectivity index (χ0v) is 16.3. The Hall–Kier alpha value is -2.40. The van der Waals surface area contributed by atoms with Gasteiger partial charge in [-0.1, -0.05) is 0 Å². The van der Waals surface area contributed by atoms with Crippen molar-refractivity contribution in [2.45, 2.75) is 33.2 Å². The van der Waals surface area contributed by atoms with E-state index in [2.05, 4.69) is 30.7 Å². The fourth-order valence-electron chi connectivity index (χ4n) is 2.75. The van der Waals surface area contributed by atoms with Crippen LogP contribution in [0, 0.1) is 5.82 Å². The Morgan fingerprint density at radius 2 is 1.69 bits per heavy atom. The van der Waals surface area contributed by atoms with Crippen molar-refractivity contribution in [1.82, 2.24) is 4.57 Å². The number of hydrogen-bond donors (Lipinski definition) is 0. The summed E-state index contributed by atoms with van der Waals surface area (Å²) in [5.41, 5.74) is 2.73. The monoisotopic (exact) mass is 370 g/mol. The van der Waals surface area contributed by atoms with Gasteiger partial charge in [-0.2, -0.15) is 0 Å². The molecular weight excluding hydrogens is 347 g/mol. The summed E-state index contributed by atoms with van der Waals surface area (Å²) < 4.78 is 21.0. The van der Waals surface area contributed by atoms with Gasteiger partial charge >= 0.3 is 0 Å². The van der Waals surface area contributed by atoms with Gasteiger partial charge in [0.05, 0.1) is 18.0 Å². The zero-order valence-electron chi connectivity index (χ0n) is 15.5. The molecule has 0 unspecified atom stereocenters. The highest BCUT2D eigenvalue weighted by molar-refractivity contribution is 7.07. The summed E-state index contributed by atoms with van der Waals surface area (Å²) in [6.45, 7) is 9.04. The maximum Gasteiger partial charge on any atom is 0.190 e. The highest BCUT2D eigenvalue weighted by Gasteiger charge is 2.20. The summed E-state index contributed by atoms with van der Waals surface area (Å²) in [7, 11) is 0. The first-order valence-electron chi connectivity index (χ1n) is 8.63. The Morgan fingerprint density at radius 3 is 2.27 bits per heavy atom. The quantitative estimate of drug-likeness (QED) is 0.575. The second kappa shape index (κ2) is 7.46. The van der Waals surface area contributed by atoms with Crippen LogP contribution in [0.3, 0.4) is 0 Å². The lowest BCUT2D eigenvalue weighted by Gasteiger charge is -2.24. The Morgan fingerprint density at radius 1 is 1.04 bits per heavy atom. The van der Waals surface area contributed by atoms with E-state index in [1.54, 1.807) is 23.5 Å². The Kier molecular flexibility index (Phi) is 5.28. The SMILES string of the molecule is CCOc1ccc(N=c2scc(-c3ccc(F)cc3)n2C(C)(C)C)cc1. The van der Waals surface area contributed by atoms with Crippen molar-refractivity contribution >= 4 is 17.0 Å². The lowest BCUT2D eigenvalue weighted by Crippen LogP contribution is -2.31. The minimum Gasteiger partial charge on any atom is -0.494 e. The van der Waals surface area contributed by atoms with Crippen LogP contribution in [-0.2, 0) is 5.54 Å². The van der Waals surface area contributed by atoms with E-state index in [1.807, 2.05) is 31.2 Å². The molecule has 1 aromatic heterocycles. The molecule has 0 aliphatic heterocycles. The van der Waals surface area contributed by atoms with Gasteiger partial charge in [0.2, 0.25) is 0 Å². The van der Waals surface area contributed by atoms with Gasteiger partial charge < -0.3 is 9.30 Å². The van der Waals surface area contributed by atoms with E-state index in [9.17, 15) is 4.39 Å². The topological polar surface area (TPSA) is 26.5 Å². The molecule has 0 bridgehead atoms. The Balaban J connectivity index is 2.08. The number of halogens is 1. The zero-order chi connectivity index (χ0) is 18.7. The molecule has 0 saturated carbocycles. The van der Waals surface area contributed by atoms with Crippen LogP contribution in [0.4, 0.5) is 10.1 Å². The highest BCUT2D eigenvalue weighted by Crippen LogP contribution is 2.27. The molecule has 2 aromatic carbocycles. The van der Waals surface area contributed by atoms with Gasteiger partial charge in [0.25, 0.3) is 0 Å². The summed E-state index contributed by atoms with van der Waals surface area (Å²) in [5.74, 6) is 0.610. The fourth-order valence-corrected chi connectivity index (χ4v) is 3.85. The number of rotatable bonds is 4. The van der Waals surface area contributed by atoms with Gasteiger partial charge in [0.15, 0.2) is 4.80 Å². The van der Waals surface area contributed by atoms with E-state index < -0.39 is 0 Å². The van der Waals surface area contributed by atoms with Gasteiger partial charge in [0, 0.05) is 10.9 Å². The molecule has 0 fully saturated rings. The van der Waals surface area contributed by atoms with Crippen LogP contribution in [0.5, 0.6) is 5.75 Å². The molecule has 0 spiro atoms. The highest BCUT2D eigenvalue weighted by atomic mass is 32.1. The summed E-state index contributed by atoms with van der Waals surface area (Å²) in [6.07, 6.45) is 0. The number of nitrogens with zero attached hydrogens (tertiary/aromatic N) is 2. The second-order valence-electron chi connectivity index (χ2n) is 6.96. The van der Waals surface area contributed by atoms with Crippen molar-refractivity contribution in [3.05, 3.63) is 64.5 Å². The number of ether oxygens (including phenoxy) is 1. The summed E-state index contributed by atoms with van der Waals surface area (Å²) in [4.78, 5) is 5.73. The van der Waals surface area contributed by atoms with Crippen LogP contribution in [0.15, 0.2) is 58.9 Å². The lowest BCUT2D eigenvalue weighted by atomic mass is 10.1. The van der Waals surface area contributed by atoms with Gasteiger partial charge in [-0.3, -0.25) is 0 Å². The Bertz CT molecular complexity index is 932. The molecule has 3 rings (SSSR count). The van der Waals surface area contributed by atoms with Crippen LogP contribution in [-0.4, -0.2) is 11.2 Å². The van der Waals surface area contributed by atoms with Crippen LogP contribution in [0.25, 0.3) is 11.3 Å². The van der Waals surface area contributed by atoms with Gasteiger partial charge in [0.1, 0.15) is 11.6 Å². The molecule has 0 aliphatic carbocycles. The molecule has 3 nitrogen and oxygen atoms in total. The predicted molar refractivity (Wildman–Crippen MR) is 106 cm³/mol. The second-order valence-corrected chi connectivity index (χ2v) is 7.79. The van der Waals surface area contributed by atoms with Crippen molar-refractivity contribution in [1.29, 1.82) is 0 Å². The summed E-state index contributed by atoms with van der Waals surface area (Å²) in [6, 6.07) is 14.4. The average Bonchev–Trinajstić information content (AvgIpc) is 3.01. The molecule has 136 valence electrons. The van der Waals surface area contributed by atoms with Crippen LogP contribution in [0.2, 0.25) is 0 Å². The third-order valence-corrected chi connectivity index (χ3v) is 4.72. The van der Waals surface area contributed by atoms with Gasteiger partial charge in [-0.15, -0.1) is 11.3 Å². The minimum atomic E-state index is -0.231. The van der Waals surface area contributed by atoms with E-state index in [4.69, 9.17) is 9.73 Å². The lowest BCUT2D eigenvalue weighted by molar-refractivity contribution is 0.340. The first-order valence-corrected chi connectivity index (χ1v) is 9.51. The van der Waals surface area contributed by atoms with E-state index in [0.717, 1.165) is 27.5 Å². The van der Waals surface area contributed by atoms with Crippen molar-refractivity contribution in [3.63, 3.8) is 0 Å². The Labute approximate surface area is 157 Å². The van der Waals surface area contributed by atoms with Crippen molar-refractivity contribution in [2.24, 2.45) is 4.99 Å². The molecule has 1 heterocycles. The largest absolute Gasteiger partial charge is 0.494 e. The molecule has 0 N–H and O–H groups in total. The average molecular weight is 370 g/mol.